The van der Waals surface area contributed by atoms with E-state index in [4.69, 9.17) is 9.47 Å². The molecule has 1 amide bonds. The van der Waals surface area contributed by atoms with Gasteiger partial charge in [0.2, 0.25) is 6.41 Å². The normalized spacial score (nSPS) is 11.5. The number of rotatable bonds is 10. The van der Waals surface area contributed by atoms with Crippen molar-refractivity contribution in [2.45, 2.75) is 26.2 Å². The third-order valence-electron chi connectivity index (χ3n) is 4.56. The molecule has 0 saturated heterocycles. The monoisotopic (exact) mass is 391 g/mol. The highest BCUT2D eigenvalue weighted by Crippen LogP contribution is 2.34. The number of hydrogen-bond donors (Lipinski definition) is 2. The van der Waals surface area contributed by atoms with Crippen LogP contribution in [0.25, 0.3) is 0 Å². The lowest BCUT2D eigenvalue weighted by Crippen LogP contribution is -2.20. The van der Waals surface area contributed by atoms with Crippen LogP contribution in [-0.4, -0.2) is 18.1 Å². The molecule has 0 spiro atoms. The highest BCUT2D eigenvalue weighted by atomic mass is 16.5. The summed E-state index contributed by atoms with van der Waals surface area (Å²) in [6.07, 6.45) is -0.259. The van der Waals surface area contributed by atoms with Crippen LogP contribution in [0.3, 0.4) is 0 Å². The summed E-state index contributed by atoms with van der Waals surface area (Å²) in [5.74, 6) is 1.16. The zero-order valence-corrected chi connectivity index (χ0v) is 16.4. The molecule has 1 atom stereocenters. The second kappa shape index (κ2) is 10.3. The molecule has 1 unspecified atom stereocenters. The lowest BCUT2D eigenvalue weighted by atomic mass is 10.0. The molecule has 3 aromatic rings. The fourth-order valence-electron chi connectivity index (χ4n) is 3.00. The molecule has 0 aliphatic rings. The maximum absolute atomic E-state index is 10.6. The SMILES string of the molecule is Cc1cc(OCc2ccccc2)c(OCc2ccccc2)cc1C(O)CNC=O. The van der Waals surface area contributed by atoms with Crippen molar-refractivity contribution >= 4 is 6.41 Å². The molecule has 29 heavy (non-hydrogen) atoms. The maximum Gasteiger partial charge on any atom is 0.207 e. The minimum absolute atomic E-state index is 0.132. The van der Waals surface area contributed by atoms with Crippen LogP contribution in [0.4, 0.5) is 0 Å². The van der Waals surface area contributed by atoms with Gasteiger partial charge in [-0.2, -0.15) is 0 Å². The van der Waals surface area contributed by atoms with Gasteiger partial charge >= 0.3 is 0 Å². The quantitative estimate of drug-likeness (QED) is 0.514. The molecular formula is C24H25NO4. The zero-order chi connectivity index (χ0) is 20.5. The van der Waals surface area contributed by atoms with Gasteiger partial charge in [-0.25, -0.2) is 0 Å². The topological polar surface area (TPSA) is 67.8 Å². The summed E-state index contributed by atoms with van der Waals surface area (Å²) in [5.41, 5.74) is 3.64. The first-order valence-corrected chi connectivity index (χ1v) is 9.50. The zero-order valence-electron chi connectivity index (χ0n) is 16.4. The van der Waals surface area contributed by atoms with Crippen molar-refractivity contribution in [3.63, 3.8) is 0 Å². The Morgan fingerprint density at radius 3 is 1.93 bits per heavy atom. The largest absolute Gasteiger partial charge is 0.485 e. The molecule has 5 heteroatoms. The van der Waals surface area contributed by atoms with Crippen LogP contribution in [-0.2, 0) is 18.0 Å². The molecule has 150 valence electrons. The van der Waals surface area contributed by atoms with Crippen molar-refractivity contribution < 1.29 is 19.4 Å². The molecule has 5 nitrogen and oxygen atoms in total. The summed E-state index contributed by atoms with van der Waals surface area (Å²) in [5, 5.41) is 12.9. The van der Waals surface area contributed by atoms with E-state index in [0.29, 0.717) is 36.7 Å². The number of carbonyl (C=O) groups excluding carboxylic acids is 1. The van der Waals surface area contributed by atoms with Gasteiger partial charge < -0.3 is 19.9 Å². The molecule has 0 bridgehead atoms. The van der Waals surface area contributed by atoms with Gasteiger partial charge in [0, 0.05) is 6.54 Å². The number of carbonyl (C=O) groups is 1. The smallest absolute Gasteiger partial charge is 0.207 e. The lowest BCUT2D eigenvalue weighted by molar-refractivity contribution is -0.110. The van der Waals surface area contributed by atoms with E-state index in [1.54, 1.807) is 6.07 Å². The van der Waals surface area contributed by atoms with E-state index in [1.165, 1.54) is 0 Å². The number of aliphatic hydroxyl groups is 1. The molecular weight excluding hydrogens is 366 g/mol. The Balaban J connectivity index is 1.83. The van der Waals surface area contributed by atoms with Crippen molar-refractivity contribution in [3.8, 4) is 11.5 Å². The summed E-state index contributed by atoms with van der Waals surface area (Å²) in [4.78, 5) is 10.6. The molecule has 3 rings (SSSR count). The summed E-state index contributed by atoms with van der Waals surface area (Å²) in [6, 6.07) is 23.4. The van der Waals surface area contributed by atoms with Gasteiger partial charge in [0.05, 0.1) is 6.10 Å². The number of amides is 1. The van der Waals surface area contributed by atoms with Crippen LogP contribution in [0.5, 0.6) is 11.5 Å². The number of benzene rings is 3. The van der Waals surface area contributed by atoms with E-state index >= 15 is 0 Å². The minimum atomic E-state index is -0.831. The Hall–Kier alpha value is -3.31. The second-order valence-electron chi connectivity index (χ2n) is 6.75. The number of hydrogen-bond acceptors (Lipinski definition) is 4. The molecule has 0 heterocycles. The summed E-state index contributed by atoms with van der Waals surface area (Å²) >= 11 is 0. The van der Waals surface area contributed by atoms with Crippen LogP contribution in [0.1, 0.15) is 28.4 Å². The third kappa shape index (κ3) is 5.83. The summed E-state index contributed by atoms with van der Waals surface area (Å²) in [6.45, 7) is 2.83. The van der Waals surface area contributed by atoms with Gasteiger partial charge in [0.1, 0.15) is 13.2 Å². The maximum atomic E-state index is 10.6. The standard InChI is InChI=1S/C24H25NO4/c1-18-12-23(28-15-19-8-4-2-5-9-19)24(13-21(18)22(27)14-25-17-26)29-16-20-10-6-3-7-11-20/h2-13,17,22,27H,14-16H2,1H3,(H,25,26). The highest BCUT2D eigenvalue weighted by Gasteiger charge is 2.16. The van der Waals surface area contributed by atoms with E-state index in [2.05, 4.69) is 5.32 Å². The van der Waals surface area contributed by atoms with E-state index in [1.807, 2.05) is 73.7 Å². The first-order valence-electron chi connectivity index (χ1n) is 9.50. The van der Waals surface area contributed by atoms with Gasteiger partial charge in [-0.15, -0.1) is 0 Å². The Morgan fingerprint density at radius 1 is 0.897 bits per heavy atom. The third-order valence-corrected chi connectivity index (χ3v) is 4.56. The van der Waals surface area contributed by atoms with Crippen molar-refractivity contribution in [1.82, 2.24) is 5.32 Å². The van der Waals surface area contributed by atoms with Crippen molar-refractivity contribution in [3.05, 3.63) is 95.1 Å². The fourth-order valence-corrected chi connectivity index (χ4v) is 3.00. The predicted molar refractivity (Wildman–Crippen MR) is 112 cm³/mol. The molecule has 0 radical (unpaired) electrons. The predicted octanol–water partition coefficient (Wildman–Crippen LogP) is 3.93. The van der Waals surface area contributed by atoms with Crippen LogP contribution < -0.4 is 14.8 Å². The van der Waals surface area contributed by atoms with E-state index in [-0.39, 0.29) is 6.54 Å². The number of aryl methyl sites for hydroxylation is 1. The number of ether oxygens (including phenoxy) is 2. The van der Waals surface area contributed by atoms with Gasteiger partial charge in [-0.3, -0.25) is 4.79 Å². The number of nitrogens with one attached hydrogen (secondary N) is 1. The molecule has 0 aromatic heterocycles. The molecule has 2 N–H and O–H groups in total. The van der Waals surface area contributed by atoms with Crippen molar-refractivity contribution in [1.29, 1.82) is 0 Å². The summed E-state index contributed by atoms with van der Waals surface area (Å²) in [7, 11) is 0. The van der Waals surface area contributed by atoms with Crippen molar-refractivity contribution in [2.75, 3.05) is 6.54 Å². The van der Waals surface area contributed by atoms with Crippen molar-refractivity contribution in [2.24, 2.45) is 0 Å². The second-order valence-corrected chi connectivity index (χ2v) is 6.75. The number of aliphatic hydroxyl groups excluding tert-OH is 1. The minimum Gasteiger partial charge on any atom is -0.485 e. The van der Waals surface area contributed by atoms with Crippen LogP contribution in [0.15, 0.2) is 72.8 Å². The Kier molecular flexibility index (Phi) is 7.25. The molecule has 3 aromatic carbocycles. The molecule has 0 aliphatic carbocycles. The van der Waals surface area contributed by atoms with E-state index in [0.717, 1.165) is 16.7 Å². The van der Waals surface area contributed by atoms with Gasteiger partial charge in [0.15, 0.2) is 11.5 Å². The Labute approximate surface area is 170 Å². The Bertz CT molecular complexity index is 913. The van der Waals surface area contributed by atoms with E-state index < -0.39 is 6.10 Å². The van der Waals surface area contributed by atoms with Gasteiger partial charge in [0.25, 0.3) is 0 Å². The van der Waals surface area contributed by atoms with Crippen LogP contribution in [0, 0.1) is 6.92 Å². The average Bonchev–Trinajstić information content (AvgIpc) is 2.76. The van der Waals surface area contributed by atoms with Gasteiger partial charge in [-0.05, 0) is 41.3 Å². The highest BCUT2D eigenvalue weighted by molar-refractivity contribution is 5.49. The fraction of sp³-hybridized carbons (Fsp3) is 0.208. The first-order chi connectivity index (χ1) is 14.2. The van der Waals surface area contributed by atoms with E-state index in [9.17, 15) is 9.90 Å². The average molecular weight is 391 g/mol. The molecule has 0 fully saturated rings. The molecule has 0 saturated carbocycles. The van der Waals surface area contributed by atoms with Gasteiger partial charge in [-0.1, -0.05) is 60.7 Å². The molecule has 0 aliphatic heterocycles. The summed E-state index contributed by atoms with van der Waals surface area (Å²) < 4.78 is 12.1. The van der Waals surface area contributed by atoms with Crippen LogP contribution in [0.2, 0.25) is 0 Å². The Morgan fingerprint density at radius 2 is 1.41 bits per heavy atom. The first kappa shape index (κ1) is 20.4. The van der Waals surface area contributed by atoms with Crippen LogP contribution >= 0.6 is 0 Å². The lowest BCUT2D eigenvalue weighted by Gasteiger charge is -2.19.